The van der Waals surface area contributed by atoms with Crippen LogP contribution < -0.4 is 5.32 Å². The quantitative estimate of drug-likeness (QED) is 0.493. The summed E-state index contributed by atoms with van der Waals surface area (Å²) in [5, 5.41) is 11.5. The van der Waals surface area contributed by atoms with E-state index >= 15 is 0 Å². The highest BCUT2D eigenvalue weighted by Gasteiger charge is 2.12. The molecular formula is C20H20N4O2S. The number of ketones is 1. The van der Waals surface area contributed by atoms with Crippen LogP contribution in [0.15, 0.2) is 66.1 Å². The van der Waals surface area contributed by atoms with Gasteiger partial charge in [0.1, 0.15) is 6.33 Å². The Bertz CT molecular complexity index is 921. The van der Waals surface area contributed by atoms with Crippen molar-refractivity contribution in [2.75, 3.05) is 11.1 Å². The highest BCUT2D eigenvalue weighted by Crippen LogP contribution is 2.20. The molecule has 3 aromatic rings. The molecule has 0 bridgehead atoms. The van der Waals surface area contributed by atoms with Crippen molar-refractivity contribution in [1.82, 2.24) is 14.8 Å². The molecule has 0 unspecified atom stereocenters. The number of Topliss-reactive ketones (excluding diaryl/α,β-unsaturated/α-hetero) is 1. The number of benzene rings is 2. The average Bonchev–Trinajstić information content (AvgIpc) is 3.16. The third-order valence-corrected chi connectivity index (χ3v) is 4.89. The van der Waals surface area contributed by atoms with Crippen molar-refractivity contribution in [3.8, 4) is 0 Å². The molecule has 0 spiro atoms. The molecule has 0 saturated carbocycles. The van der Waals surface area contributed by atoms with Crippen molar-refractivity contribution in [2.24, 2.45) is 0 Å². The topological polar surface area (TPSA) is 76.9 Å². The average molecular weight is 380 g/mol. The molecule has 0 aliphatic carbocycles. The number of rotatable bonds is 7. The fourth-order valence-electron chi connectivity index (χ4n) is 2.44. The number of amides is 1. The van der Waals surface area contributed by atoms with Gasteiger partial charge in [0.2, 0.25) is 0 Å². The molecule has 0 atom stereocenters. The molecular weight excluding hydrogens is 360 g/mol. The molecule has 1 heterocycles. The van der Waals surface area contributed by atoms with Gasteiger partial charge in [0, 0.05) is 22.9 Å². The second-order valence-corrected chi connectivity index (χ2v) is 7.17. The summed E-state index contributed by atoms with van der Waals surface area (Å²) in [7, 11) is 0. The van der Waals surface area contributed by atoms with E-state index in [1.807, 2.05) is 36.6 Å². The summed E-state index contributed by atoms with van der Waals surface area (Å²) in [6.07, 6.45) is 1.67. The third-order valence-electron chi connectivity index (χ3n) is 3.93. The second-order valence-electron chi connectivity index (χ2n) is 6.22. The number of aromatic nitrogens is 3. The van der Waals surface area contributed by atoms with Gasteiger partial charge < -0.3 is 9.88 Å². The fraction of sp³-hybridized carbons (Fsp3) is 0.200. The van der Waals surface area contributed by atoms with Gasteiger partial charge in [-0.1, -0.05) is 30.0 Å². The van der Waals surface area contributed by atoms with Crippen LogP contribution in [0, 0.1) is 0 Å². The first kappa shape index (κ1) is 18.8. The van der Waals surface area contributed by atoms with E-state index in [-0.39, 0.29) is 23.5 Å². The summed E-state index contributed by atoms with van der Waals surface area (Å²) in [5.74, 6) is 0.0960. The first-order chi connectivity index (χ1) is 13.0. The summed E-state index contributed by atoms with van der Waals surface area (Å²) >= 11 is 1.37. The molecule has 0 aliphatic heterocycles. The Morgan fingerprint density at radius 3 is 2.41 bits per heavy atom. The minimum Gasteiger partial charge on any atom is -0.322 e. The zero-order chi connectivity index (χ0) is 19.2. The van der Waals surface area contributed by atoms with Crippen LogP contribution in [-0.4, -0.2) is 32.2 Å². The van der Waals surface area contributed by atoms with E-state index in [0.717, 1.165) is 5.16 Å². The maximum atomic E-state index is 12.4. The number of hydrogen-bond acceptors (Lipinski definition) is 5. The van der Waals surface area contributed by atoms with E-state index in [4.69, 9.17) is 0 Å². The molecule has 1 aromatic heterocycles. The molecule has 138 valence electrons. The Morgan fingerprint density at radius 2 is 1.74 bits per heavy atom. The van der Waals surface area contributed by atoms with Crippen LogP contribution in [0.4, 0.5) is 5.69 Å². The Balaban J connectivity index is 1.59. The lowest BCUT2D eigenvalue weighted by Gasteiger charge is -2.09. The van der Waals surface area contributed by atoms with Crippen molar-refractivity contribution >= 4 is 29.1 Å². The largest absolute Gasteiger partial charge is 0.322 e. The summed E-state index contributed by atoms with van der Waals surface area (Å²) in [4.78, 5) is 24.6. The van der Waals surface area contributed by atoms with Gasteiger partial charge in [-0.25, -0.2) is 0 Å². The molecule has 0 fully saturated rings. The maximum absolute atomic E-state index is 12.4. The molecule has 6 nitrogen and oxygen atoms in total. The lowest BCUT2D eigenvalue weighted by Crippen LogP contribution is -2.12. The second kappa shape index (κ2) is 8.64. The molecule has 1 N–H and O–H groups in total. The number of nitrogens with one attached hydrogen (secondary N) is 1. The van der Waals surface area contributed by atoms with Crippen LogP contribution in [0.5, 0.6) is 0 Å². The Hall–Kier alpha value is -2.93. The molecule has 0 saturated heterocycles. The lowest BCUT2D eigenvalue weighted by molar-refractivity contribution is 0.101. The smallest absolute Gasteiger partial charge is 0.255 e. The minimum absolute atomic E-state index is 0.000702. The van der Waals surface area contributed by atoms with Crippen molar-refractivity contribution in [3.63, 3.8) is 0 Å². The van der Waals surface area contributed by atoms with Gasteiger partial charge in [0.05, 0.1) is 5.75 Å². The van der Waals surface area contributed by atoms with E-state index in [1.54, 1.807) is 42.7 Å². The maximum Gasteiger partial charge on any atom is 0.255 e. The number of nitrogens with zero attached hydrogens (tertiary/aromatic N) is 3. The van der Waals surface area contributed by atoms with Crippen molar-refractivity contribution in [1.29, 1.82) is 0 Å². The Kier molecular flexibility index (Phi) is 6.03. The zero-order valence-corrected chi connectivity index (χ0v) is 15.9. The van der Waals surface area contributed by atoms with Crippen LogP contribution in [-0.2, 0) is 0 Å². The molecule has 3 rings (SSSR count). The highest BCUT2D eigenvalue weighted by atomic mass is 32.2. The van der Waals surface area contributed by atoms with E-state index in [0.29, 0.717) is 16.8 Å². The molecule has 0 aliphatic rings. The van der Waals surface area contributed by atoms with E-state index < -0.39 is 0 Å². The normalized spacial score (nSPS) is 10.8. The highest BCUT2D eigenvalue weighted by molar-refractivity contribution is 7.99. The SMILES string of the molecule is CC(C)n1cnnc1SCC(=O)c1ccc(NC(=O)c2ccccc2)cc1. The predicted molar refractivity (Wildman–Crippen MR) is 106 cm³/mol. The fourth-order valence-corrected chi connectivity index (χ4v) is 3.37. The van der Waals surface area contributed by atoms with Gasteiger partial charge in [0.15, 0.2) is 10.9 Å². The van der Waals surface area contributed by atoms with Crippen LogP contribution in [0.1, 0.15) is 40.6 Å². The van der Waals surface area contributed by atoms with Gasteiger partial charge in [-0.15, -0.1) is 10.2 Å². The van der Waals surface area contributed by atoms with Gasteiger partial charge in [-0.3, -0.25) is 9.59 Å². The molecule has 7 heteroatoms. The zero-order valence-electron chi connectivity index (χ0n) is 15.1. The number of hydrogen-bond donors (Lipinski definition) is 1. The third kappa shape index (κ3) is 4.83. The Labute approximate surface area is 162 Å². The standard InChI is InChI=1S/C20H20N4O2S/c1-14(2)24-13-21-23-20(24)27-12-18(25)15-8-10-17(11-9-15)22-19(26)16-6-4-3-5-7-16/h3-11,13-14H,12H2,1-2H3,(H,22,26). The van der Waals surface area contributed by atoms with Crippen molar-refractivity contribution < 1.29 is 9.59 Å². The van der Waals surface area contributed by atoms with Gasteiger partial charge in [0.25, 0.3) is 5.91 Å². The first-order valence-corrected chi connectivity index (χ1v) is 9.55. The number of carbonyl (C=O) groups is 2. The van der Waals surface area contributed by atoms with Gasteiger partial charge >= 0.3 is 0 Å². The number of thioether (sulfide) groups is 1. The van der Waals surface area contributed by atoms with Crippen molar-refractivity contribution in [2.45, 2.75) is 25.0 Å². The van der Waals surface area contributed by atoms with Gasteiger partial charge in [-0.2, -0.15) is 0 Å². The van der Waals surface area contributed by atoms with Gasteiger partial charge in [-0.05, 0) is 50.2 Å². The van der Waals surface area contributed by atoms with Crippen LogP contribution in [0.3, 0.4) is 0 Å². The lowest BCUT2D eigenvalue weighted by atomic mass is 10.1. The summed E-state index contributed by atoms with van der Waals surface area (Å²) < 4.78 is 1.93. The summed E-state index contributed by atoms with van der Waals surface area (Å²) in [6, 6.07) is 16.1. The first-order valence-electron chi connectivity index (χ1n) is 8.56. The summed E-state index contributed by atoms with van der Waals surface area (Å²) in [6.45, 7) is 4.08. The van der Waals surface area contributed by atoms with Crippen LogP contribution in [0.25, 0.3) is 0 Å². The van der Waals surface area contributed by atoms with Crippen molar-refractivity contribution in [3.05, 3.63) is 72.1 Å². The molecule has 0 radical (unpaired) electrons. The molecule has 2 aromatic carbocycles. The van der Waals surface area contributed by atoms with E-state index in [1.165, 1.54) is 11.8 Å². The minimum atomic E-state index is -0.182. The summed E-state index contributed by atoms with van der Waals surface area (Å²) in [5.41, 5.74) is 1.83. The van der Waals surface area contributed by atoms with E-state index in [9.17, 15) is 9.59 Å². The monoisotopic (exact) mass is 380 g/mol. The number of carbonyl (C=O) groups excluding carboxylic acids is 2. The molecule has 1 amide bonds. The van der Waals surface area contributed by atoms with E-state index in [2.05, 4.69) is 15.5 Å². The van der Waals surface area contributed by atoms with Crippen LogP contribution in [0.2, 0.25) is 0 Å². The van der Waals surface area contributed by atoms with Crippen LogP contribution >= 0.6 is 11.8 Å². The predicted octanol–water partition coefficient (Wildman–Crippen LogP) is 4.09. The Morgan fingerprint density at radius 1 is 1.04 bits per heavy atom. The molecule has 27 heavy (non-hydrogen) atoms. The number of anilines is 1.